The van der Waals surface area contributed by atoms with Crippen molar-refractivity contribution in [2.75, 3.05) is 17.3 Å². The third-order valence-corrected chi connectivity index (χ3v) is 4.05. The highest BCUT2D eigenvalue weighted by Gasteiger charge is 2.07. The normalized spacial score (nSPS) is 10.3. The van der Waals surface area contributed by atoms with Gasteiger partial charge in [0.05, 0.1) is 18.3 Å². The molecule has 0 bridgehead atoms. The highest BCUT2D eigenvalue weighted by Crippen LogP contribution is 2.22. The first-order valence-corrected chi connectivity index (χ1v) is 8.29. The SMILES string of the molecule is CN(c1ccccc1)c1ccc(NC(=O)Cc2ccc(Cl)cc2)cn1. The van der Waals surface area contributed by atoms with Gasteiger partial charge in [0.1, 0.15) is 5.82 Å². The minimum atomic E-state index is -0.0895. The van der Waals surface area contributed by atoms with Gasteiger partial charge in [0.2, 0.25) is 5.91 Å². The van der Waals surface area contributed by atoms with Crippen molar-refractivity contribution in [3.05, 3.63) is 83.5 Å². The van der Waals surface area contributed by atoms with Crippen molar-refractivity contribution in [3.63, 3.8) is 0 Å². The van der Waals surface area contributed by atoms with Gasteiger partial charge < -0.3 is 10.2 Å². The molecule has 126 valence electrons. The molecule has 1 amide bonds. The summed E-state index contributed by atoms with van der Waals surface area (Å²) in [7, 11) is 1.95. The highest BCUT2D eigenvalue weighted by atomic mass is 35.5. The summed E-state index contributed by atoms with van der Waals surface area (Å²) in [5.74, 6) is 0.718. The molecule has 25 heavy (non-hydrogen) atoms. The zero-order chi connectivity index (χ0) is 17.6. The van der Waals surface area contributed by atoms with Gasteiger partial charge in [0.15, 0.2) is 0 Å². The van der Waals surface area contributed by atoms with Gasteiger partial charge in [-0.2, -0.15) is 0 Å². The molecule has 0 atom stereocenters. The molecule has 5 heteroatoms. The van der Waals surface area contributed by atoms with E-state index >= 15 is 0 Å². The molecule has 1 heterocycles. The predicted octanol–water partition coefficient (Wildman–Crippen LogP) is 4.68. The Balaban J connectivity index is 1.62. The van der Waals surface area contributed by atoms with E-state index < -0.39 is 0 Å². The molecule has 0 radical (unpaired) electrons. The summed E-state index contributed by atoms with van der Waals surface area (Å²) in [6.07, 6.45) is 1.96. The first-order chi connectivity index (χ1) is 12.1. The first-order valence-electron chi connectivity index (χ1n) is 7.91. The number of halogens is 1. The lowest BCUT2D eigenvalue weighted by Crippen LogP contribution is -2.15. The van der Waals surface area contributed by atoms with E-state index in [-0.39, 0.29) is 5.91 Å². The van der Waals surface area contributed by atoms with Gasteiger partial charge >= 0.3 is 0 Å². The van der Waals surface area contributed by atoms with Gasteiger partial charge in [-0.05, 0) is 42.0 Å². The fourth-order valence-electron chi connectivity index (χ4n) is 2.44. The number of hydrogen-bond acceptors (Lipinski definition) is 3. The Kier molecular flexibility index (Phi) is 5.31. The molecular formula is C20H18ClN3O. The molecule has 2 aromatic carbocycles. The van der Waals surface area contributed by atoms with Crippen LogP contribution in [0.3, 0.4) is 0 Å². The van der Waals surface area contributed by atoms with Gasteiger partial charge in [0.25, 0.3) is 0 Å². The molecule has 1 N–H and O–H groups in total. The third kappa shape index (κ3) is 4.58. The van der Waals surface area contributed by atoms with Crippen LogP contribution in [0.5, 0.6) is 0 Å². The van der Waals surface area contributed by atoms with E-state index in [1.807, 2.05) is 66.5 Å². The largest absolute Gasteiger partial charge is 0.329 e. The minimum Gasteiger partial charge on any atom is -0.329 e. The lowest BCUT2D eigenvalue weighted by molar-refractivity contribution is -0.115. The smallest absolute Gasteiger partial charge is 0.228 e. The van der Waals surface area contributed by atoms with Crippen LogP contribution < -0.4 is 10.2 Å². The molecule has 0 saturated heterocycles. The number of benzene rings is 2. The first kappa shape index (κ1) is 17.0. The zero-order valence-electron chi connectivity index (χ0n) is 13.8. The predicted molar refractivity (Wildman–Crippen MR) is 103 cm³/mol. The molecule has 0 spiro atoms. The molecule has 4 nitrogen and oxygen atoms in total. The standard InChI is InChI=1S/C20H18ClN3O/c1-24(18-5-3-2-4-6-18)19-12-11-17(14-22-19)23-20(25)13-15-7-9-16(21)10-8-15/h2-12,14H,13H2,1H3,(H,23,25). The van der Waals surface area contributed by atoms with Crippen LogP contribution in [0.15, 0.2) is 72.9 Å². The number of nitrogens with zero attached hydrogens (tertiary/aromatic N) is 2. The molecular weight excluding hydrogens is 334 g/mol. The maximum atomic E-state index is 12.1. The number of rotatable bonds is 5. The van der Waals surface area contributed by atoms with Gasteiger partial charge in [-0.1, -0.05) is 41.9 Å². The third-order valence-electron chi connectivity index (χ3n) is 3.80. The summed E-state index contributed by atoms with van der Waals surface area (Å²) in [6.45, 7) is 0. The second-order valence-electron chi connectivity index (χ2n) is 5.65. The fraction of sp³-hybridized carbons (Fsp3) is 0.100. The number of hydrogen-bond donors (Lipinski definition) is 1. The molecule has 0 unspecified atom stereocenters. The molecule has 0 aliphatic carbocycles. The van der Waals surface area contributed by atoms with Gasteiger partial charge in [0, 0.05) is 17.8 Å². The summed E-state index contributed by atoms with van der Waals surface area (Å²) >= 11 is 5.85. The number of carbonyl (C=O) groups excluding carboxylic acids is 1. The number of amides is 1. The number of carbonyl (C=O) groups is 1. The number of para-hydroxylation sites is 1. The Hall–Kier alpha value is -2.85. The number of anilines is 3. The van der Waals surface area contributed by atoms with Crippen LogP contribution >= 0.6 is 11.6 Å². The van der Waals surface area contributed by atoms with Crippen molar-refractivity contribution in [3.8, 4) is 0 Å². The van der Waals surface area contributed by atoms with Crippen LogP contribution in [-0.2, 0) is 11.2 Å². The van der Waals surface area contributed by atoms with E-state index in [0.717, 1.165) is 17.1 Å². The Morgan fingerprint density at radius 1 is 1.04 bits per heavy atom. The van der Waals surface area contributed by atoms with E-state index in [2.05, 4.69) is 10.3 Å². The van der Waals surface area contributed by atoms with Crippen LogP contribution in [0.4, 0.5) is 17.2 Å². The van der Waals surface area contributed by atoms with Crippen molar-refractivity contribution < 1.29 is 4.79 Å². The lowest BCUT2D eigenvalue weighted by Gasteiger charge is -2.18. The summed E-state index contributed by atoms with van der Waals surface area (Å²) in [6, 6.07) is 21.0. The monoisotopic (exact) mass is 351 g/mol. The van der Waals surface area contributed by atoms with Crippen LogP contribution in [0.2, 0.25) is 5.02 Å². The van der Waals surface area contributed by atoms with Crippen molar-refractivity contribution in [2.24, 2.45) is 0 Å². The lowest BCUT2D eigenvalue weighted by atomic mass is 10.1. The van der Waals surface area contributed by atoms with E-state index in [0.29, 0.717) is 17.1 Å². The second kappa shape index (κ2) is 7.81. The molecule has 0 aliphatic rings. The van der Waals surface area contributed by atoms with Crippen molar-refractivity contribution in [1.29, 1.82) is 0 Å². The van der Waals surface area contributed by atoms with Crippen LogP contribution in [0.25, 0.3) is 0 Å². The minimum absolute atomic E-state index is 0.0895. The fourth-order valence-corrected chi connectivity index (χ4v) is 2.56. The van der Waals surface area contributed by atoms with Gasteiger partial charge in [-0.3, -0.25) is 4.79 Å². The molecule has 3 aromatic rings. The van der Waals surface area contributed by atoms with Gasteiger partial charge in [-0.25, -0.2) is 4.98 Å². The molecule has 0 saturated carbocycles. The van der Waals surface area contributed by atoms with Crippen LogP contribution in [0, 0.1) is 0 Å². The van der Waals surface area contributed by atoms with Crippen molar-refractivity contribution in [2.45, 2.75) is 6.42 Å². The van der Waals surface area contributed by atoms with Crippen LogP contribution in [0.1, 0.15) is 5.56 Å². The molecule has 0 aliphatic heterocycles. The molecule has 1 aromatic heterocycles. The highest BCUT2D eigenvalue weighted by molar-refractivity contribution is 6.30. The average Bonchev–Trinajstić information content (AvgIpc) is 2.64. The van der Waals surface area contributed by atoms with E-state index in [4.69, 9.17) is 11.6 Å². The molecule has 0 fully saturated rings. The summed E-state index contributed by atoms with van der Waals surface area (Å²) in [5.41, 5.74) is 2.63. The quantitative estimate of drug-likeness (QED) is 0.725. The van der Waals surface area contributed by atoms with Crippen molar-refractivity contribution in [1.82, 2.24) is 4.98 Å². The summed E-state index contributed by atoms with van der Waals surface area (Å²) < 4.78 is 0. The Bertz CT molecular complexity index is 833. The second-order valence-corrected chi connectivity index (χ2v) is 6.09. The zero-order valence-corrected chi connectivity index (χ0v) is 14.6. The number of nitrogens with one attached hydrogen (secondary N) is 1. The summed E-state index contributed by atoms with van der Waals surface area (Å²) in [5, 5.41) is 3.52. The molecule has 3 rings (SSSR count). The Morgan fingerprint density at radius 2 is 1.76 bits per heavy atom. The Morgan fingerprint density at radius 3 is 2.40 bits per heavy atom. The van der Waals surface area contributed by atoms with Crippen molar-refractivity contribution >= 4 is 34.7 Å². The number of pyridine rings is 1. The average molecular weight is 352 g/mol. The number of aromatic nitrogens is 1. The maximum Gasteiger partial charge on any atom is 0.228 e. The maximum absolute atomic E-state index is 12.1. The van der Waals surface area contributed by atoms with E-state index in [1.165, 1.54) is 0 Å². The van der Waals surface area contributed by atoms with Gasteiger partial charge in [-0.15, -0.1) is 0 Å². The Labute approximate surface area is 152 Å². The summed E-state index contributed by atoms with van der Waals surface area (Å²) in [4.78, 5) is 18.5. The topological polar surface area (TPSA) is 45.2 Å². The van der Waals surface area contributed by atoms with E-state index in [1.54, 1.807) is 18.3 Å². The van der Waals surface area contributed by atoms with Crippen LogP contribution in [-0.4, -0.2) is 17.9 Å². The van der Waals surface area contributed by atoms with E-state index in [9.17, 15) is 4.79 Å².